The Kier molecular flexibility index (Phi) is 6.35. The molecule has 1 aromatic carbocycles. The van der Waals surface area contributed by atoms with E-state index in [1.807, 2.05) is 67.5 Å². The number of pyridine rings is 1. The van der Waals surface area contributed by atoms with Crippen molar-refractivity contribution >= 4 is 28.9 Å². The highest BCUT2D eigenvalue weighted by atomic mass is 16.1. The van der Waals surface area contributed by atoms with E-state index in [1.165, 1.54) is 0 Å². The Bertz CT molecular complexity index is 881. The molecule has 0 atom stereocenters. The number of carbonyl (C=O) groups is 1. The summed E-state index contributed by atoms with van der Waals surface area (Å²) in [6, 6.07) is 14.8. The molecule has 3 aromatic rings. The summed E-state index contributed by atoms with van der Waals surface area (Å²) in [5.41, 5.74) is 2.59. The van der Waals surface area contributed by atoms with Gasteiger partial charge < -0.3 is 20.9 Å². The molecule has 0 spiro atoms. The van der Waals surface area contributed by atoms with E-state index in [0.717, 1.165) is 11.4 Å². The highest BCUT2D eigenvalue weighted by Crippen LogP contribution is 2.13. The lowest BCUT2D eigenvalue weighted by Gasteiger charge is -2.12. The molecule has 0 saturated carbocycles. The van der Waals surface area contributed by atoms with Crippen molar-refractivity contribution < 1.29 is 4.79 Å². The predicted molar refractivity (Wildman–Crippen MR) is 111 cm³/mol. The van der Waals surface area contributed by atoms with Crippen molar-refractivity contribution in [2.45, 2.75) is 0 Å². The number of nitrogens with one attached hydrogen (secondary N) is 3. The number of anilines is 4. The van der Waals surface area contributed by atoms with Crippen molar-refractivity contribution in [3.63, 3.8) is 0 Å². The monoisotopic (exact) mass is 377 g/mol. The van der Waals surface area contributed by atoms with Crippen LogP contribution in [-0.2, 0) is 0 Å². The van der Waals surface area contributed by atoms with Crippen LogP contribution < -0.4 is 20.9 Å². The van der Waals surface area contributed by atoms with Crippen LogP contribution in [-0.4, -0.2) is 48.3 Å². The first-order valence-electron chi connectivity index (χ1n) is 8.92. The van der Waals surface area contributed by atoms with E-state index in [0.29, 0.717) is 30.3 Å². The van der Waals surface area contributed by atoms with Gasteiger partial charge in [0.25, 0.3) is 5.91 Å². The summed E-state index contributed by atoms with van der Waals surface area (Å²) in [7, 11) is 3.93. The Labute approximate surface area is 164 Å². The molecule has 0 radical (unpaired) electrons. The van der Waals surface area contributed by atoms with Crippen LogP contribution in [0.5, 0.6) is 0 Å². The van der Waals surface area contributed by atoms with Gasteiger partial charge in [-0.1, -0.05) is 0 Å². The third-order valence-corrected chi connectivity index (χ3v) is 3.98. The Balaban J connectivity index is 1.41. The number of nitrogens with zero attached hydrogens (tertiary/aromatic N) is 4. The van der Waals surface area contributed by atoms with Crippen molar-refractivity contribution in [3.05, 3.63) is 66.5 Å². The molecule has 0 fully saturated rings. The van der Waals surface area contributed by atoms with Gasteiger partial charge in [0.15, 0.2) is 5.82 Å². The van der Waals surface area contributed by atoms with Crippen LogP contribution in [0.15, 0.2) is 60.9 Å². The number of hydrogen-bond donors (Lipinski definition) is 3. The molecular formula is C20H23N7O. The molecule has 1 amide bonds. The van der Waals surface area contributed by atoms with Gasteiger partial charge in [-0.2, -0.15) is 0 Å². The van der Waals surface area contributed by atoms with Crippen LogP contribution in [0.2, 0.25) is 0 Å². The summed E-state index contributed by atoms with van der Waals surface area (Å²) in [5, 5.41) is 17.4. The molecule has 3 N–H and O–H groups in total. The predicted octanol–water partition coefficient (Wildman–Crippen LogP) is 2.52. The van der Waals surface area contributed by atoms with E-state index in [-0.39, 0.29) is 5.91 Å². The van der Waals surface area contributed by atoms with E-state index in [4.69, 9.17) is 0 Å². The fourth-order valence-electron chi connectivity index (χ4n) is 2.46. The second-order valence-electron chi connectivity index (χ2n) is 6.29. The topological polar surface area (TPSA) is 95.1 Å². The van der Waals surface area contributed by atoms with Crippen molar-refractivity contribution in [2.75, 3.05) is 42.7 Å². The van der Waals surface area contributed by atoms with Gasteiger partial charge in [0.2, 0.25) is 0 Å². The lowest BCUT2D eigenvalue weighted by atomic mass is 10.2. The molecule has 0 aliphatic heterocycles. The number of rotatable bonds is 8. The molecule has 0 aliphatic carbocycles. The van der Waals surface area contributed by atoms with E-state index < -0.39 is 0 Å². The highest BCUT2D eigenvalue weighted by molar-refractivity contribution is 5.94. The second kappa shape index (κ2) is 9.31. The summed E-state index contributed by atoms with van der Waals surface area (Å²) in [5.74, 6) is 1.19. The minimum Gasteiger partial charge on any atom is -0.378 e. The number of amides is 1. The zero-order chi connectivity index (χ0) is 19.8. The van der Waals surface area contributed by atoms with Crippen LogP contribution in [0.3, 0.4) is 0 Å². The standard InChI is InChI=1S/C20H23N7O/c1-27(2)17-5-3-15(4-6-17)20(28)23-14-13-22-18-7-8-19(26-25-18)24-16-9-11-21-12-10-16/h3-12H,13-14H2,1-2H3,(H,22,25)(H,23,28)(H,21,24,26). The number of carbonyl (C=O) groups excluding carboxylic acids is 1. The van der Waals surface area contributed by atoms with Gasteiger partial charge in [0.05, 0.1) is 0 Å². The van der Waals surface area contributed by atoms with Gasteiger partial charge >= 0.3 is 0 Å². The molecule has 28 heavy (non-hydrogen) atoms. The first kappa shape index (κ1) is 19.1. The molecule has 0 aliphatic rings. The number of hydrogen-bond acceptors (Lipinski definition) is 7. The van der Waals surface area contributed by atoms with Crippen LogP contribution in [0.4, 0.5) is 23.0 Å². The lowest BCUT2D eigenvalue weighted by Crippen LogP contribution is -2.29. The Hall–Kier alpha value is -3.68. The van der Waals surface area contributed by atoms with E-state index in [2.05, 4.69) is 31.1 Å². The fourth-order valence-corrected chi connectivity index (χ4v) is 2.46. The van der Waals surface area contributed by atoms with Crippen LogP contribution >= 0.6 is 0 Å². The van der Waals surface area contributed by atoms with Gasteiger partial charge in [-0.15, -0.1) is 10.2 Å². The second-order valence-corrected chi connectivity index (χ2v) is 6.29. The third kappa shape index (κ3) is 5.41. The SMILES string of the molecule is CN(C)c1ccc(C(=O)NCCNc2ccc(Nc3ccncc3)nn2)cc1. The molecule has 2 aromatic heterocycles. The molecule has 0 unspecified atom stereocenters. The molecule has 144 valence electrons. The summed E-state index contributed by atoms with van der Waals surface area (Å²) >= 11 is 0. The maximum Gasteiger partial charge on any atom is 0.251 e. The van der Waals surface area contributed by atoms with E-state index >= 15 is 0 Å². The first-order valence-corrected chi connectivity index (χ1v) is 8.92. The smallest absolute Gasteiger partial charge is 0.251 e. The molecule has 3 rings (SSSR count). The average molecular weight is 377 g/mol. The minimum absolute atomic E-state index is 0.102. The largest absolute Gasteiger partial charge is 0.378 e. The molecular weight excluding hydrogens is 354 g/mol. The van der Waals surface area contributed by atoms with Gasteiger partial charge in [0.1, 0.15) is 5.82 Å². The maximum atomic E-state index is 12.2. The first-order chi connectivity index (χ1) is 13.6. The van der Waals surface area contributed by atoms with Crippen LogP contribution in [0.25, 0.3) is 0 Å². The normalized spacial score (nSPS) is 10.2. The lowest BCUT2D eigenvalue weighted by molar-refractivity contribution is 0.0955. The molecule has 2 heterocycles. The van der Waals surface area contributed by atoms with Crippen molar-refractivity contribution in [3.8, 4) is 0 Å². The van der Waals surface area contributed by atoms with Crippen LogP contribution in [0, 0.1) is 0 Å². The number of aromatic nitrogens is 3. The minimum atomic E-state index is -0.102. The van der Waals surface area contributed by atoms with E-state index in [1.54, 1.807) is 12.4 Å². The average Bonchev–Trinajstić information content (AvgIpc) is 2.73. The van der Waals surface area contributed by atoms with Gasteiger partial charge in [-0.25, -0.2) is 0 Å². The Morgan fingerprint density at radius 3 is 2.21 bits per heavy atom. The van der Waals surface area contributed by atoms with Crippen LogP contribution in [0.1, 0.15) is 10.4 Å². The van der Waals surface area contributed by atoms with Crippen molar-refractivity contribution in [1.29, 1.82) is 0 Å². The molecule has 8 heteroatoms. The quantitative estimate of drug-likeness (QED) is 0.519. The van der Waals surface area contributed by atoms with Gasteiger partial charge in [-0.05, 0) is 48.5 Å². The van der Waals surface area contributed by atoms with Gasteiger partial charge in [-0.3, -0.25) is 9.78 Å². The van der Waals surface area contributed by atoms with Crippen molar-refractivity contribution in [1.82, 2.24) is 20.5 Å². The Morgan fingerprint density at radius 1 is 0.893 bits per heavy atom. The Morgan fingerprint density at radius 2 is 1.57 bits per heavy atom. The van der Waals surface area contributed by atoms with Crippen molar-refractivity contribution in [2.24, 2.45) is 0 Å². The zero-order valence-corrected chi connectivity index (χ0v) is 15.9. The zero-order valence-electron chi connectivity index (χ0n) is 15.9. The maximum absolute atomic E-state index is 12.2. The molecule has 0 bridgehead atoms. The summed E-state index contributed by atoms with van der Waals surface area (Å²) in [4.78, 5) is 18.1. The summed E-state index contributed by atoms with van der Waals surface area (Å²) in [6.07, 6.45) is 3.41. The molecule has 8 nitrogen and oxygen atoms in total. The number of benzene rings is 1. The fraction of sp³-hybridized carbons (Fsp3) is 0.200. The molecule has 0 saturated heterocycles. The van der Waals surface area contributed by atoms with E-state index in [9.17, 15) is 4.79 Å². The van der Waals surface area contributed by atoms with Gasteiger partial charge in [0, 0.05) is 56.5 Å². The highest BCUT2D eigenvalue weighted by Gasteiger charge is 2.05. The summed E-state index contributed by atoms with van der Waals surface area (Å²) < 4.78 is 0. The third-order valence-electron chi connectivity index (χ3n) is 3.98. The summed E-state index contributed by atoms with van der Waals surface area (Å²) in [6.45, 7) is 1.03.